The zero-order valence-corrected chi connectivity index (χ0v) is 13.5. The average Bonchev–Trinajstić information content (AvgIpc) is 3.01. The van der Waals surface area contributed by atoms with Gasteiger partial charge in [0.25, 0.3) is 5.91 Å². The van der Waals surface area contributed by atoms with Crippen molar-refractivity contribution < 1.29 is 9.53 Å². The molecule has 2 heterocycles. The molecule has 0 spiro atoms. The summed E-state index contributed by atoms with van der Waals surface area (Å²) in [5.74, 6) is 1.44. The van der Waals surface area contributed by atoms with Gasteiger partial charge in [-0.25, -0.2) is 4.98 Å². The van der Waals surface area contributed by atoms with Crippen LogP contribution in [0.15, 0.2) is 24.3 Å². The number of aryl methyl sites for hydroxylation is 1. The van der Waals surface area contributed by atoms with Crippen LogP contribution in [0.25, 0.3) is 0 Å². The van der Waals surface area contributed by atoms with Crippen molar-refractivity contribution in [3.63, 3.8) is 0 Å². The summed E-state index contributed by atoms with van der Waals surface area (Å²) in [4.78, 5) is 21.1. The van der Waals surface area contributed by atoms with Crippen LogP contribution in [0.2, 0.25) is 0 Å². The van der Waals surface area contributed by atoms with Crippen molar-refractivity contribution in [2.45, 2.75) is 6.92 Å². The average molecular weight is 318 g/mol. The number of carbonyl (C=O) groups excluding carboxylic acids is 1. The normalized spacial score (nSPS) is 15.0. The highest BCUT2D eigenvalue weighted by atomic mass is 32.1. The standard InChI is InChI=1S/C15H18N4O2S/c1-11-16-15(22-17-11)19-9-7-18(8-10-19)14(20)12-5-3-4-6-13(12)21-2/h3-6H,7-10H2,1-2H3. The van der Waals surface area contributed by atoms with E-state index in [1.54, 1.807) is 7.11 Å². The van der Waals surface area contributed by atoms with Gasteiger partial charge in [-0.1, -0.05) is 12.1 Å². The molecule has 2 aromatic rings. The Bertz CT molecular complexity index is 665. The van der Waals surface area contributed by atoms with Gasteiger partial charge < -0.3 is 14.5 Å². The number of hydrogen-bond acceptors (Lipinski definition) is 6. The Morgan fingerprint density at radius 3 is 2.59 bits per heavy atom. The van der Waals surface area contributed by atoms with Gasteiger partial charge in [0.05, 0.1) is 12.7 Å². The van der Waals surface area contributed by atoms with Gasteiger partial charge in [-0.15, -0.1) is 0 Å². The summed E-state index contributed by atoms with van der Waals surface area (Å²) in [6.07, 6.45) is 0. The highest BCUT2D eigenvalue weighted by Gasteiger charge is 2.25. The molecule has 7 heteroatoms. The smallest absolute Gasteiger partial charge is 0.257 e. The lowest BCUT2D eigenvalue weighted by Gasteiger charge is -2.34. The first-order chi connectivity index (χ1) is 10.7. The van der Waals surface area contributed by atoms with Crippen molar-refractivity contribution in [1.82, 2.24) is 14.3 Å². The van der Waals surface area contributed by atoms with Gasteiger partial charge in [-0.2, -0.15) is 4.37 Å². The number of amides is 1. The highest BCUT2D eigenvalue weighted by molar-refractivity contribution is 7.09. The van der Waals surface area contributed by atoms with Crippen LogP contribution < -0.4 is 9.64 Å². The number of methoxy groups -OCH3 is 1. The predicted molar refractivity (Wildman–Crippen MR) is 85.8 cm³/mol. The monoisotopic (exact) mass is 318 g/mol. The Labute approximate surface area is 133 Å². The summed E-state index contributed by atoms with van der Waals surface area (Å²) >= 11 is 1.41. The molecule has 3 rings (SSSR count). The number of nitrogens with zero attached hydrogens (tertiary/aromatic N) is 4. The summed E-state index contributed by atoms with van der Waals surface area (Å²) in [6, 6.07) is 7.34. The van der Waals surface area contributed by atoms with E-state index in [-0.39, 0.29) is 5.91 Å². The number of para-hydroxylation sites is 1. The van der Waals surface area contributed by atoms with E-state index in [9.17, 15) is 4.79 Å². The van der Waals surface area contributed by atoms with E-state index < -0.39 is 0 Å². The molecule has 0 radical (unpaired) electrons. The molecular weight excluding hydrogens is 300 g/mol. The maximum absolute atomic E-state index is 12.6. The number of anilines is 1. The Kier molecular flexibility index (Phi) is 4.24. The first kappa shape index (κ1) is 14.8. The van der Waals surface area contributed by atoms with E-state index in [4.69, 9.17) is 4.74 Å². The van der Waals surface area contributed by atoms with Gasteiger partial charge in [0.2, 0.25) is 5.13 Å². The van der Waals surface area contributed by atoms with Crippen molar-refractivity contribution in [2.75, 3.05) is 38.2 Å². The number of piperazine rings is 1. The minimum absolute atomic E-state index is 0.0190. The second kappa shape index (κ2) is 6.31. The first-order valence-corrected chi connectivity index (χ1v) is 7.94. The minimum Gasteiger partial charge on any atom is -0.496 e. The molecule has 0 saturated carbocycles. The van der Waals surface area contributed by atoms with E-state index >= 15 is 0 Å². The number of rotatable bonds is 3. The molecule has 1 aromatic heterocycles. The zero-order chi connectivity index (χ0) is 15.5. The van der Waals surface area contributed by atoms with Crippen LogP contribution in [0.3, 0.4) is 0 Å². The lowest BCUT2D eigenvalue weighted by Crippen LogP contribution is -2.48. The molecule has 0 aliphatic carbocycles. The zero-order valence-electron chi connectivity index (χ0n) is 12.7. The number of benzene rings is 1. The lowest BCUT2D eigenvalue weighted by atomic mass is 10.1. The van der Waals surface area contributed by atoms with Crippen LogP contribution >= 0.6 is 11.5 Å². The molecule has 1 amide bonds. The Morgan fingerprint density at radius 2 is 1.95 bits per heavy atom. The van der Waals surface area contributed by atoms with Crippen LogP contribution in [0.5, 0.6) is 5.75 Å². The fourth-order valence-electron chi connectivity index (χ4n) is 2.51. The molecule has 0 unspecified atom stereocenters. The van der Waals surface area contributed by atoms with Gasteiger partial charge in [-0.3, -0.25) is 4.79 Å². The van der Waals surface area contributed by atoms with Crippen molar-refractivity contribution in [3.8, 4) is 5.75 Å². The SMILES string of the molecule is COc1ccccc1C(=O)N1CCN(c2nc(C)ns2)CC1. The van der Waals surface area contributed by atoms with E-state index in [0.29, 0.717) is 24.4 Å². The molecule has 0 N–H and O–H groups in total. The van der Waals surface area contributed by atoms with Crippen molar-refractivity contribution in [2.24, 2.45) is 0 Å². The maximum atomic E-state index is 12.6. The third-order valence-electron chi connectivity index (χ3n) is 3.69. The van der Waals surface area contributed by atoms with Crippen LogP contribution in [-0.2, 0) is 0 Å². The molecular formula is C15H18N4O2S. The summed E-state index contributed by atoms with van der Waals surface area (Å²) in [6.45, 7) is 4.79. The quantitative estimate of drug-likeness (QED) is 0.864. The molecule has 1 saturated heterocycles. The summed E-state index contributed by atoms with van der Waals surface area (Å²) < 4.78 is 9.48. The van der Waals surface area contributed by atoms with Gasteiger partial charge in [-0.05, 0) is 19.1 Å². The van der Waals surface area contributed by atoms with E-state index in [0.717, 1.165) is 24.0 Å². The topological polar surface area (TPSA) is 58.6 Å². The third kappa shape index (κ3) is 2.89. The van der Waals surface area contributed by atoms with E-state index in [1.807, 2.05) is 36.1 Å². The Balaban J connectivity index is 1.67. The lowest BCUT2D eigenvalue weighted by molar-refractivity contribution is 0.0743. The summed E-state index contributed by atoms with van der Waals surface area (Å²) in [5, 5.41) is 0.932. The molecule has 6 nitrogen and oxygen atoms in total. The minimum atomic E-state index is 0.0190. The number of ether oxygens (including phenoxy) is 1. The van der Waals surface area contributed by atoms with Crippen LogP contribution in [0.4, 0.5) is 5.13 Å². The number of carbonyl (C=O) groups is 1. The second-order valence-corrected chi connectivity index (χ2v) is 5.83. The van der Waals surface area contributed by atoms with Crippen LogP contribution in [-0.4, -0.2) is 53.5 Å². The number of aromatic nitrogens is 2. The van der Waals surface area contributed by atoms with Crippen LogP contribution in [0.1, 0.15) is 16.2 Å². The van der Waals surface area contributed by atoms with Gasteiger partial charge >= 0.3 is 0 Å². The third-order valence-corrected chi connectivity index (χ3v) is 4.56. The molecule has 0 atom stereocenters. The largest absolute Gasteiger partial charge is 0.496 e. The van der Waals surface area contributed by atoms with E-state index in [1.165, 1.54) is 11.5 Å². The maximum Gasteiger partial charge on any atom is 0.257 e. The molecule has 0 bridgehead atoms. The molecule has 1 aromatic carbocycles. The molecule has 1 fully saturated rings. The predicted octanol–water partition coefficient (Wildman–Crippen LogP) is 1.82. The van der Waals surface area contributed by atoms with Crippen molar-refractivity contribution in [1.29, 1.82) is 0 Å². The van der Waals surface area contributed by atoms with Crippen molar-refractivity contribution in [3.05, 3.63) is 35.7 Å². The molecule has 1 aliphatic heterocycles. The van der Waals surface area contributed by atoms with E-state index in [2.05, 4.69) is 14.3 Å². The molecule has 116 valence electrons. The fourth-order valence-corrected chi connectivity index (χ4v) is 3.23. The summed E-state index contributed by atoms with van der Waals surface area (Å²) in [7, 11) is 1.59. The number of hydrogen-bond donors (Lipinski definition) is 0. The summed E-state index contributed by atoms with van der Waals surface area (Å²) in [5.41, 5.74) is 0.616. The van der Waals surface area contributed by atoms with Crippen molar-refractivity contribution >= 4 is 22.6 Å². The molecule has 1 aliphatic rings. The van der Waals surface area contributed by atoms with Gasteiger partial charge in [0.1, 0.15) is 11.6 Å². The first-order valence-electron chi connectivity index (χ1n) is 7.16. The van der Waals surface area contributed by atoms with Gasteiger partial charge in [0, 0.05) is 37.7 Å². The Hall–Kier alpha value is -2.15. The molecule has 22 heavy (non-hydrogen) atoms. The Morgan fingerprint density at radius 1 is 1.23 bits per heavy atom. The fraction of sp³-hybridized carbons (Fsp3) is 0.400. The van der Waals surface area contributed by atoms with Crippen LogP contribution in [0, 0.1) is 6.92 Å². The second-order valence-electron chi connectivity index (χ2n) is 5.10. The van der Waals surface area contributed by atoms with Gasteiger partial charge in [0.15, 0.2) is 0 Å². The highest BCUT2D eigenvalue weighted by Crippen LogP contribution is 2.22.